The number of rotatable bonds is 7. The van der Waals surface area contributed by atoms with Gasteiger partial charge in [0, 0.05) is 36.2 Å². The van der Waals surface area contributed by atoms with Gasteiger partial charge in [0.15, 0.2) is 11.4 Å². The molecule has 2 heterocycles. The van der Waals surface area contributed by atoms with Crippen LogP contribution in [0.2, 0.25) is 5.02 Å². The van der Waals surface area contributed by atoms with Gasteiger partial charge in [-0.1, -0.05) is 49.2 Å². The van der Waals surface area contributed by atoms with E-state index in [2.05, 4.69) is 9.97 Å². The van der Waals surface area contributed by atoms with Crippen molar-refractivity contribution in [2.45, 2.75) is 32.7 Å². The van der Waals surface area contributed by atoms with E-state index in [0.717, 1.165) is 18.4 Å². The first-order valence-corrected chi connectivity index (χ1v) is 10.8. The largest absolute Gasteiger partial charge is 0.336 e. The van der Waals surface area contributed by atoms with Crippen LogP contribution in [0.3, 0.4) is 0 Å². The molecule has 8 heteroatoms. The van der Waals surface area contributed by atoms with Gasteiger partial charge >= 0.3 is 5.69 Å². The van der Waals surface area contributed by atoms with Crippen LogP contribution >= 0.6 is 11.6 Å². The second-order valence-electron chi connectivity index (χ2n) is 7.74. The van der Waals surface area contributed by atoms with Crippen LogP contribution in [0.5, 0.6) is 0 Å². The summed E-state index contributed by atoms with van der Waals surface area (Å²) in [5.74, 6) is 0.497. The number of nitrogens with one attached hydrogen (secondary N) is 1. The van der Waals surface area contributed by atoms with Gasteiger partial charge in [-0.25, -0.2) is 9.78 Å². The van der Waals surface area contributed by atoms with Gasteiger partial charge < -0.3 is 4.98 Å². The molecule has 164 valence electrons. The first-order chi connectivity index (χ1) is 15.4. The average molecular weight is 451 g/mol. The van der Waals surface area contributed by atoms with Crippen LogP contribution in [-0.2, 0) is 20.0 Å². The average Bonchev–Trinajstić information content (AvgIpc) is 3.22. The summed E-state index contributed by atoms with van der Waals surface area (Å²) in [6.07, 6.45) is 2.08. The molecule has 0 radical (unpaired) electrons. The molecule has 0 saturated heterocycles. The minimum absolute atomic E-state index is 0.0837. The molecule has 7 nitrogen and oxygen atoms in total. The fourth-order valence-corrected chi connectivity index (χ4v) is 3.76. The molecular formula is C24H23ClN4O3. The number of imidazole rings is 1. The third-order valence-corrected chi connectivity index (χ3v) is 5.71. The van der Waals surface area contributed by atoms with Crippen LogP contribution in [-0.4, -0.2) is 24.9 Å². The van der Waals surface area contributed by atoms with Crippen molar-refractivity contribution < 1.29 is 4.79 Å². The smallest absolute Gasteiger partial charge is 0.332 e. The summed E-state index contributed by atoms with van der Waals surface area (Å²) in [7, 11) is 1.62. The van der Waals surface area contributed by atoms with E-state index in [9.17, 15) is 14.4 Å². The zero-order chi connectivity index (χ0) is 22.8. The third-order valence-electron chi connectivity index (χ3n) is 5.46. The number of carbonyl (C=O) groups excluding carboxylic acids is 1. The summed E-state index contributed by atoms with van der Waals surface area (Å²) >= 11 is 5.89. The van der Waals surface area contributed by atoms with Gasteiger partial charge in [-0.05, 0) is 36.2 Å². The number of unbranched alkanes of at least 4 members (excludes halogenated alkanes) is 1. The topological polar surface area (TPSA) is 89.8 Å². The van der Waals surface area contributed by atoms with Crippen molar-refractivity contribution in [1.29, 1.82) is 0 Å². The molecule has 0 bridgehead atoms. The molecular weight excluding hydrogens is 428 g/mol. The van der Waals surface area contributed by atoms with E-state index in [1.807, 2.05) is 19.1 Å². The molecule has 0 aliphatic carbocycles. The molecule has 2 aromatic carbocycles. The van der Waals surface area contributed by atoms with E-state index in [4.69, 9.17) is 11.6 Å². The lowest BCUT2D eigenvalue weighted by Crippen LogP contribution is -2.39. The first-order valence-electron chi connectivity index (χ1n) is 10.5. The highest BCUT2D eigenvalue weighted by Gasteiger charge is 2.16. The highest BCUT2D eigenvalue weighted by molar-refractivity contribution is 6.30. The van der Waals surface area contributed by atoms with Gasteiger partial charge in [-0.3, -0.25) is 18.7 Å². The molecule has 0 aliphatic heterocycles. The Morgan fingerprint density at radius 2 is 1.66 bits per heavy atom. The second kappa shape index (κ2) is 8.96. The van der Waals surface area contributed by atoms with Crippen molar-refractivity contribution in [3.05, 3.63) is 96.9 Å². The Kier molecular flexibility index (Phi) is 6.10. The van der Waals surface area contributed by atoms with Crippen molar-refractivity contribution in [3.63, 3.8) is 0 Å². The minimum Gasteiger partial charge on any atom is -0.336 e. The van der Waals surface area contributed by atoms with E-state index < -0.39 is 0 Å². The van der Waals surface area contributed by atoms with Crippen molar-refractivity contribution >= 4 is 28.5 Å². The molecule has 0 saturated carbocycles. The lowest BCUT2D eigenvalue weighted by Gasteiger charge is -2.06. The molecule has 0 spiro atoms. The molecule has 0 aliphatic rings. The fraction of sp³-hybridized carbons (Fsp3) is 0.250. The summed E-state index contributed by atoms with van der Waals surface area (Å²) in [5, 5.41) is 0.581. The van der Waals surface area contributed by atoms with E-state index in [0.29, 0.717) is 46.1 Å². The van der Waals surface area contributed by atoms with Gasteiger partial charge in [-0.15, -0.1) is 0 Å². The zero-order valence-corrected chi connectivity index (χ0v) is 18.6. The Labute approximate surface area is 189 Å². The molecule has 4 rings (SSSR count). The van der Waals surface area contributed by atoms with Crippen LogP contribution in [0.1, 0.15) is 47.1 Å². The third kappa shape index (κ3) is 4.16. The van der Waals surface area contributed by atoms with Gasteiger partial charge in [0.2, 0.25) is 0 Å². The Bertz CT molecular complexity index is 1400. The quantitative estimate of drug-likeness (QED) is 0.435. The number of halogens is 1. The summed E-state index contributed by atoms with van der Waals surface area (Å²) in [6, 6.07) is 14.0. The van der Waals surface area contributed by atoms with Gasteiger partial charge in [0.1, 0.15) is 11.3 Å². The summed E-state index contributed by atoms with van der Waals surface area (Å²) in [4.78, 5) is 45.5. The minimum atomic E-state index is -0.362. The molecule has 2 aromatic heterocycles. The summed E-state index contributed by atoms with van der Waals surface area (Å²) < 4.78 is 2.66. The number of aromatic amines is 1. The number of ketones is 1. The number of fused-ring (bicyclic) bond motifs is 1. The Morgan fingerprint density at radius 3 is 2.28 bits per heavy atom. The predicted molar refractivity (Wildman–Crippen MR) is 125 cm³/mol. The molecule has 0 amide bonds. The van der Waals surface area contributed by atoms with Crippen molar-refractivity contribution in [1.82, 2.24) is 19.1 Å². The fourth-order valence-electron chi connectivity index (χ4n) is 3.63. The molecule has 4 aromatic rings. The van der Waals surface area contributed by atoms with Crippen LogP contribution in [0.4, 0.5) is 0 Å². The molecule has 1 N–H and O–H groups in total. The number of aromatic nitrogens is 4. The number of benzene rings is 2. The normalized spacial score (nSPS) is 11.2. The molecule has 0 fully saturated rings. The van der Waals surface area contributed by atoms with Crippen LogP contribution in [0.15, 0.2) is 58.1 Å². The maximum absolute atomic E-state index is 12.8. The number of hydrogen-bond donors (Lipinski definition) is 1. The molecule has 32 heavy (non-hydrogen) atoms. The maximum Gasteiger partial charge on any atom is 0.332 e. The number of aryl methyl sites for hydroxylation is 1. The van der Waals surface area contributed by atoms with E-state index in [1.165, 1.54) is 9.13 Å². The van der Waals surface area contributed by atoms with Gasteiger partial charge in [-0.2, -0.15) is 0 Å². The lowest BCUT2D eigenvalue weighted by molar-refractivity contribution is 0.103. The first kappa shape index (κ1) is 21.8. The van der Waals surface area contributed by atoms with Crippen molar-refractivity contribution in [2.75, 3.05) is 0 Å². The number of carbonyl (C=O) groups is 1. The van der Waals surface area contributed by atoms with Crippen LogP contribution < -0.4 is 11.2 Å². The number of H-pyrrole nitrogens is 1. The lowest BCUT2D eigenvalue weighted by atomic mass is 10.0. The maximum atomic E-state index is 12.8. The van der Waals surface area contributed by atoms with E-state index in [1.54, 1.807) is 43.4 Å². The number of hydrogen-bond acceptors (Lipinski definition) is 4. The zero-order valence-electron chi connectivity index (χ0n) is 17.9. The van der Waals surface area contributed by atoms with E-state index in [-0.39, 0.29) is 17.0 Å². The number of nitrogens with zero attached hydrogens (tertiary/aromatic N) is 3. The molecule has 0 atom stereocenters. The summed E-state index contributed by atoms with van der Waals surface area (Å²) in [6.45, 7) is 2.39. The Hall–Kier alpha value is -3.45. The monoisotopic (exact) mass is 450 g/mol. The Morgan fingerprint density at radius 1 is 1.03 bits per heavy atom. The van der Waals surface area contributed by atoms with Gasteiger partial charge in [0.05, 0.1) is 0 Å². The van der Waals surface area contributed by atoms with E-state index >= 15 is 0 Å². The highest BCUT2D eigenvalue weighted by atomic mass is 35.5. The Balaban J connectivity index is 1.59. The standard InChI is InChI=1S/C24H23ClN4O3/c1-3-4-13-29-23(31)20-22(28(2)24(29)32)27-19(26-20)14-15-5-7-16(8-6-15)21(30)17-9-11-18(25)12-10-17/h5-12H,3-4,13-14H2,1-2H3,(H,26,27). The molecule has 0 unspecified atom stereocenters. The highest BCUT2D eigenvalue weighted by Crippen LogP contribution is 2.16. The SMILES string of the molecule is CCCCn1c(=O)c2[nH]c(Cc3ccc(C(=O)c4ccc(Cl)cc4)cc3)nc2n(C)c1=O. The van der Waals surface area contributed by atoms with Crippen molar-refractivity contribution in [2.24, 2.45) is 7.05 Å². The predicted octanol–water partition coefficient (Wildman–Crippen LogP) is 3.70. The van der Waals surface area contributed by atoms with Crippen LogP contribution in [0, 0.1) is 0 Å². The van der Waals surface area contributed by atoms with Crippen molar-refractivity contribution in [3.8, 4) is 0 Å². The van der Waals surface area contributed by atoms with Gasteiger partial charge in [0.25, 0.3) is 5.56 Å². The van der Waals surface area contributed by atoms with Crippen LogP contribution in [0.25, 0.3) is 11.2 Å². The second-order valence-corrected chi connectivity index (χ2v) is 8.18. The summed E-state index contributed by atoms with van der Waals surface area (Å²) in [5.41, 5.74) is 2.03.